The van der Waals surface area contributed by atoms with Crippen molar-refractivity contribution in [3.05, 3.63) is 115 Å². The summed E-state index contributed by atoms with van der Waals surface area (Å²) in [7, 11) is -8.70. The van der Waals surface area contributed by atoms with Crippen LogP contribution in [0.3, 0.4) is 0 Å². The Morgan fingerprint density at radius 3 is 1.63 bits per heavy atom. The van der Waals surface area contributed by atoms with E-state index in [2.05, 4.69) is 14.8 Å². The Hall–Kier alpha value is -4.93. The fourth-order valence-electron chi connectivity index (χ4n) is 5.38. The second-order valence-electron chi connectivity index (χ2n) is 9.69. The monoisotopic (exact) mass is 579 g/mol. The van der Waals surface area contributed by atoms with E-state index in [1.54, 1.807) is 60.7 Å². The molecule has 0 saturated heterocycles. The Morgan fingerprint density at radius 1 is 0.537 bits per heavy atom. The summed E-state index contributed by atoms with van der Waals surface area (Å²) in [5.74, 6) is -0.510. The average Bonchev–Trinajstić information content (AvgIpc) is 3.30. The van der Waals surface area contributed by atoms with E-state index in [1.165, 1.54) is 6.07 Å². The first kappa shape index (κ1) is 25.1. The highest BCUT2D eigenvalue weighted by Gasteiger charge is 2.34. The molecule has 1 heterocycles. The van der Waals surface area contributed by atoms with Gasteiger partial charge in [0, 0.05) is 27.1 Å². The highest BCUT2D eigenvalue weighted by molar-refractivity contribution is 7.93. The molecule has 3 N–H and O–H groups in total. The van der Waals surface area contributed by atoms with Crippen molar-refractivity contribution in [1.82, 2.24) is 0 Å². The van der Waals surface area contributed by atoms with Crippen molar-refractivity contribution < 1.29 is 21.6 Å². The number of amides is 1. The lowest BCUT2D eigenvalue weighted by Gasteiger charge is -2.17. The van der Waals surface area contributed by atoms with E-state index in [0.29, 0.717) is 22.1 Å². The number of nitrogens with one attached hydrogen (secondary N) is 3. The summed E-state index contributed by atoms with van der Waals surface area (Å²) < 4.78 is 61.1. The van der Waals surface area contributed by atoms with Crippen LogP contribution in [0.2, 0.25) is 0 Å². The molecule has 1 aliphatic heterocycles. The van der Waals surface area contributed by atoms with Crippen LogP contribution in [0.15, 0.2) is 119 Å². The maximum Gasteiger partial charge on any atom is 0.264 e. The zero-order valence-corrected chi connectivity index (χ0v) is 22.9. The van der Waals surface area contributed by atoms with Crippen LogP contribution in [0.4, 0.5) is 17.1 Å². The summed E-state index contributed by atoms with van der Waals surface area (Å²) in [5.41, 5.74) is 0.906. The number of sulfonamides is 2. The molecule has 6 aromatic rings. The second kappa shape index (κ2) is 9.05. The Kier molecular flexibility index (Phi) is 5.53. The van der Waals surface area contributed by atoms with Gasteiger partial charge < -0.3 is 5.32 Å². The second-order valence-corrected chi connectivity index (χ2v) is 13.0. The van der Waals surface area contributed by atoms with Crippen LogP contribution in [0.1, 0.15) is 10.4 Å². The molecule has 0 bridgehead atoms. The van der Waals surface area contributed by atoms with Gasteiger partial charge in [0.2, 0.25) is 0 Å². The largest absolute Gasteiger partial charge is 0.320 e. The van der Waals surface area contributed by atoms with Crippen molar-refractivity contribution in [3.8, 4) is 0 Å². The zero-order valence-electron chi connectivity index (χ0n) is 21.3. The number of rotatable bonds is 6. The van der Waals surface area contributed by atoms with Gasteiger partial charge in [-0.3, -0.25) is 14.2 Å². The van der Waals surface area contributed by atoms with Gasteiger partial charge in [-0.05, 0) is 35.0 Å². The Morgan fingerprint density at radius 2 is 1.02 bits per heavy atom. The third-order valence-electron chi connectivity index (χ3n) is 7.22. The molecule has 1 aliphatic rings. The molecule has 0 saturated carbocycles. The topological polar surface area (TPSA) is 121 Å². The maximum absolute atomic E-state index is 14.0. The lowest BCUT2D eigenvalue weighted by molar-refractivity contribution is 0.103. The quantitative estimate of drug-likeness (QED) is 0.213. The normalized spacial score (nSPS) is 13.0. The van der Waals surface area contributed by atoms with Gasteiger partial charge in [-0.2, -0.15) is 0 Å². The van der Waals surface area contributed by atoms with Crippen molar-refractivity contribution in [2.75, 3.05) is 14.8 Å². The molecule has 0 aromatic heterocycles. The Bertz CT molecular complexity index is 2290. The summed E-state index contributed by atoms with van der Waals surface area (Å²) in [6.45, 7) is 0. The first-order valence-corrected chi connectivity index (χ1v) is 15.6. The highest BCUT2D eigenvalue weighted by Crippen LogP contribution is 2.42. The van der Waals surface area contributed by atoms with Gasteiger partial charge >= 0.3 is 0 Å². The van der Waals surface area contributed by atoms with Crippen LogP contribution in [-0.2, 0) is 20.0 Å². The molecule has 6 aromatic carbocycles. The van der Waals surface area contributed by atoms with Gasteiger partial charge in [-0.25, -0.2) is 16.8 Å². The molecule has 10 heteroatoms. The SMILES string of the molecule is O=C1Nc2c(S(=O)(=O)Nc3cccc4ccccc34)cc(S(=O)(=O)Nc3cccc4ccccc34)c3cccc1c23. The predicted molar refractivity (Wildman–Crippen MR) is 161 cm³/mol. The Labute approximate surface area is 235 Å². The van der Waals surface area contributed by atoms with E-state index >= 15 is 0 Å². The molecule has 41 heavy (non-hydrogen) atoms. The molecule has 0 aliphatic carbocycles. The summed E-state index contributed by atoms with van der Waals surface area (Å²) in [6.07, 6.45) is 0. The van der Waals surface area contributed by atoms with Gasteiger partial charge in [0.15, 0.2) is 0 Å². The summed E-state index contributed by atoms with van der Waals surface area (Å²) >= 11 is 0. The molecule has 0 atom stereocenters. The first-order chi connectivity index (χ1) is 19.7. The lowest BCUT2D eigenvalue weighted by Crippen LogP contribution is -2.18. The molecule has 1 amide bonds. The molecule has 0 unspecified atom stereocenters. The number of benzene rings is 6. The number of hydrogen-bond donors (Lipinski definition) is 3. The minimum absolute atomic E-state index is 0.0393. The third kappa shape index (κ3) is 4.07. The molecule has 8 nitrogen and oxygen atoms in total. The minimum atomic E-state index is -4.38. The van der Waals surface area contributed by atoms with Crippen molar-refractivity contribution in [1.29, 1.82) is 0 Å². The summed E-state index contributed by atoms with van der Waals surface area (Å²) in [6, 6.07) is 30.9. The number of anilines is 3. The third-order valence-corrected chi connectivity index (χ3v) is 10.0. The van der Waals surface area contributed by atoms with E-state index in [-0.39, 0.29) is 31.8 Å². The van der Waals surface area contributed by atoms with E-state index in [0.717, 1.165) is 16.8 Å². The summed E-state index contributed by atoms with van der Waals surface area (Å²) in [5, 5.41) is 6.14. The van der Waals surface area contributed by atoms with E-state index in [4.69, 9.17) is 0 Å². The molecule has 7 rings (SSSR count). The fraction of sp³-hybridized carbons (Fsp3) is 0. The zero-order chi connectivity index (χ0) is 28.4. The van der Waals surface area contributed by atoms with Crippen LogP contribution >= 0.6 is 0 Å². The van der Waals surface area contributed by atoms with E-state index < -0.39 is 26.0 Å². The van der Waals surface area contributed by atoms with Crippen LogP contribution in [0.5, 0.6) is 0 Å². The van der Waals surface area contributed by atoms with Crippen molar-refractivity contribution in [2.45, 2.75) is 9.79 Å². The molecule has 0 spiro atoms. The van der Waals surface area contributed by atoms with Crippen LogP contribution in [-0.4, -0.2) is 22.7 Å². The van der Waals surface area contributed by atoms with Crippen LogP contribution in [0, 0.1) is 0 Å². The van der Waals surface area contributed by atoms with Gasteiger partial charge in [-0.15, -0.1) is 0 Å². The number of carbonyl (C=O) groups is 1. The van der Waals surface area contributed by atoms with Crippen molar-refractivity contribution in [3.63, 3.8) is 0 Å². The lowest BCUT2D eigenvalue weighted by atomic mass is 10.1. The highest BCUT2D eigenvalue weighted by atomic mass is 32.2. The van der Waals surface area contributed by atoms with Crippen molar-refractivity contribution >= 4 is 75.3 Å². The van der Waals surface area contributed by atoms with Crippen LogP contribution < -0.4 is 14.8 Å². The smallest absolute Gasteiger partial charge is 0.264 e. The number of fused-ring (bicyclic) bond motifs is 2. The average molecular weight is 580 g/mol. The molecule has 0 fully saturated rings. The van der Waals surface area contributed by atoms with Gasteiger partial charge in [0.25, 0.3) is 26.0 Å². The van der Waals surface area contributed by atoms with E-state index in [9.17, 15) is 21.6 Å². The standard InChI is InChI=1S/C31H21N3O5S2/c35-31-24-15-7-14-23-27(40(36,37)33-25-16-5-10-19-8-1-3-12-21(19)25)18-28(30(32-31)29(23)24)41(38,39)34-26-17-6-11-20-9-2-4-13-22(20)26/h1-18,33-34H,(H,32,35). The van der Waals surface area contributed by atoms with Gasteiger partial charge in [0.05, 0.1) is 22.0 Å². The maximum atomic E-state index is 14.0. The number of carbonyl (C=O) groups excluding carboxylic acids is 1. The first-order valence-electron chi connectivity index (χ1n) is 12.7. The van der Waals surface area contributed by atoms with E-state index in [1.807, 2.05) is 36.4 Å². The van der Waals surface area contributed by atoms with Crippen LogP contribution in [0.25, 0.3) is 32.3 Å². The van der Waals surface area contributed by atoms with Gasteiger partial charge in [0.1, 0.15) is 4.90 Å². The Balaban J connectivity index is 1.43. The molecule has 202 valence electrons. The fourth-order valence-corrected chi connectivity index (χ4v) is 8.03. The predicted octanol–water partition coefficient (Wildman–Crippen LogP) is 6.31. The molecular formula is C31H21N3O5S2. The van der Waals surface area contributed by atoms with Crippen molar-refractivity contribution in [2.24, 2.45) is 0 Å². The van der Waals surface area contributed by atoms with Gasteiger partial charge in [-0.1, -0.05) is 84.9 Å². The summed E-state index contributed by atoms with van der Waals surface area (Å²) in [4.78, 5) is 12.3. The molecule has 0 radical (unpaired) electrons. The minimum Gasteiger partial charge on any atom is -0.320 e. The molecular weight excluding hydrogens is 558 g/mol. The number of hydrogen-bond acceptors (Lipinski definition) is 5.